The van der Waals surface area contributed by atoms with Gasteiger partial charge in [-0.3, -0.25) is 0 Å². The Morgan fingerprint density at radius 1 is 1.53 bits per heavy atom. The van der Waals surface area contributed by atoms with Gasteiger partial charge in [0.2, 0.25) is 10.0 Å². The summed E-state index contributed by atoms with van der Waals surface area (Å²) in [5.41, 5.74) is 6.07. The monoisotopic (exact) mass is 348 g/mol. The first-order valence-corrected chi connectivity index (χ1v) is 8.35. The van der Waals surface area contributed by atoms with Crippen molar-refractivity contribution in [2.75, 3.05) is 25.4 Å². The first kappa shape index (κ1) is 14.8. The molecule has 0 aromatic heterocycles. The molecule has 0 spiro atoms. The van der Waals surface area contributed by atoms with E-state index >= 15 is 0 Å². The largest absolute Gasteiger partial charge is 0.398 e. The maximum Gasteiger partial charge on any atom is 0.245 e. The molecule has 1 saturated heterocycles. The van der Waals surface area contributed by atoms with Crippen molar-refractivity contribution in [1.29, 1.82) is 0 Å². The Labute approximate surface area is 121 Å². The summed E-state index contributed by atoms with van der Waals surface area (Å²) < 4.78 is 32.8. The smallest absolute Gasteiger partial charge is 0.245 e. The number of anilines is 1. The number of sulfonamides is 1. The quantitative estimate of drug-likeness (QED) is 0.845. The second-order valence-corrected chi connectivity index (χ2v) is 7.27. The van der Waals surface area contributed by atoms with Crippen molar-refractivity contribution in [3.8, 4) is 0 Å². The zero-order valence-corrected chi connectivity index (χ0v) is 13.1. The van der Waals surface area contributed by atoms with Gasteiger partial charge in [-0.25, -0.2) is 8.42 Å². The van der Waals surface area contributed by atoms with Gasteiger partial charge in [0, 0.05) is 17.6 Å². The summed E-state index contributed by atoms with van der Waals surface area (Å²) in [6.45, 7) is 3.16. The van der Waals surface area contributed by atoms with Crippen LogP contribution in [0, 0.1) is 0 Å². The van der Waals surface area contributed by atoms with Crippen LogP contribution in [0.4, 0.5) is 5.69 Å². The summed E-state index contributed by atoms with van der Waals surface area (Å²) in [7, 11) is -3.54. The highest BCUT2D eigenvalue weighted by molar-refractivity contribution is 9.10. The molecule has 2 N–H and O–H groups in total. The van der Waals surface area contributed by atoms with E-state index in [1.807, 2.05) is 6.92 Å². The first-order chi connectivity index (χ1) is 8.95. The van der Waals surface area contributed by atoms with Crippen LogP contribution in [-0.2, 0) is 14.8 Å². The molecule has 1 aliphatic heterocycles. The number of rotatable bonds is 3. The van der Waals surface area contributed by atoms with Crippen molar-refractivity contribution < 1.29 is 13.2 Å². The van der Waals surface area contributed by atoms with Gasteiger partial charge in [0.1, 0.15) is 4.90 Å². The van der Waals surface area contributed by atoms with E-state index in [0.29, 0.717) is 19.7 Å². The van der Waals surface area contributed by atoms with Crippen molar-refractivity contribution >= 4 is 31.6 Å². The molecule has 7 heteroatoms. The number of nitrogen functional groups attached to an aromatic ring is 1. The van der Waals surface area contributed by atoms with Gasteiger partial charge in [-0.05, 0) is 24.6 Å². The molecule has 0 saturated carbocycles. The zero-order valence-electron chi connectivity index (χ0n) is 10.7. The lowest BCUT2D eigenvalue weighted by atomic mass is 10.2. The normalized spacial score (nSPS) is 21.5. The number of halogens is 1. The van der Waals surface area contributed by atoms with Crippen molar-refractivity contribution in [2.45, 2.75) is 24.3 Å². The molecule has 1 aromatic rings. The van der Waals surface area contributed by atoms with E-state index in [1.165, 1.54) is 10.4 Å². The number of nitrogens with zero attached hydrogens (tertiary/aromatic N) is 1. The number of benzene rings is 1. The van der Waals surface area contributed by atoms with Crippen LogP contribution in [0.5, 0.6) is 0 Å². The number of morpholine rings is 1. The first-order valence-electron chi connectivity index (χ1n) is 6.12. The Bertz CT molecular complexity index is 562. The number of nitrogens with two attached hydrogens (primary N) is 1. The van der Waals surface area contributed by atoms with Crippen LogP contribution in [0.15, 0.2) is 27.6 Å². The lowest BCUT2D eigenvalue weighted by Gasteiger charge is -2.31. The molecule has 1 aliphatic rings. The molecular weight excluding hydrogens is 332 g/mol. The maximum atomic E-state index is 12.6. The molecule has 19 heavy (non-hydrogen) atoms. The maximum absolute atomic E-state index is 12.6. The summed E-state index contributed by atoms with van der Waals surface area (Å²) in [4.78, 5) is 0.160. The predicted molar refractivity (Wildman–Crippen MR) is 77.3 cm³/mol. The standard InChI is InChI=1S/C12H17BrN2O3S/c1-2-10-8-15(5-6-18-10)19(16,17)12-4-3-9(13)7-11(12)14/h3-4,7,10H,2,5-6,8,14H2,1H3. The van der Waals surface area contributed by atoms with Gasteiger partial charge in [-0.1, -0.05) is 22.9 Å². The topological polar surface area (TPSA) is 72.6 Å². The van der Waals surface area contributed by atoms with Crippen LogP contribution >= 0.6 is 15.9 Å². The summed E-state index contributed by atoms with van der Waals surface area (Å²) >= 11 is 3.27. The molecule has 1 fully saturated rings. The molecule has 0 aliphatic carbocycles. The number of hydrogen-bond donors (Lipinski definition) is 1. The van der Waals surface area contributed by atoms with Crippen molar-refractivity contribution in [3.05, 3.63) is 22.7 Å². The molecule has 1 unspecified atom stereocenters. The third-order valence-corrected chi connectivity index (χ3v) is 5.58. The third-order valence-electron chi connectivity index (χ3n) is 3.15. The Hall–Kier alpha value is -0.630. The second-order valence-electron chi connectivity index (χ2n) is 4.45. The lowest BCUT2D eigenvalue weighted by molar-refractivity contribution is -0.00276. The molecule has 1 aromatic carbocycles. The molecule has 106 valence electrons. The minimum Gasteiger partial charge on any atom is -0.398 e. The van der Waals surface area contributed by atoms with Gasteiger partial charge in [-0.15, -0.1) is 0 Å². The highest BCUT2D eigenvalue weighted by Gasteiger charge is 2.31. The molecule has 0 radical (unpaired) electrons. The fraction of sp³-hybridized carbons (Fsp3) is 0.500. The van der Waals surface area contributed by atoms with Crippen LogP contribution in [0.25, 0.3) is 0 Å². The summed E-state index contributed by atoms with van der Waals surface area (Å²) in [6.07, 6.45) is 0.752. The minimum absolute atomic E-state index is 0.0415. The van der Waals surface area contributed by atoms with Crippen LogP contribution < -0.4 is 5.73 Å². The summed E-state index contributed by atoms with van der Waals surface area (Å²) in [6, 6.07) is 4.82. The van der Waals surface area contributed by atoms with Gasteiger partial charge in [0.25, 0.3) is 0 Å². The zero-order chi connectivity index (χ0) is 14.0. The minimum atomic E-state index is -3.54. The highest BCUT2D eigenvalue weighted by atomic mass is 79.9. The second kappa shape index (κ2) is 5.78. The number of hydrogen-bond acceptors (Lipinski definition) is 4. The Balaban J connectivity index is 2.31. The fourth-order valence-corrected chi connectivity index (χ4v) is 3.98. The summed E-state index contributed by atoms with van der Waals surface area (Å²) in [5, 5.41) is 0. The van der Waals surface area contributed by atoms with Crippen LogP contribution in [0.2, 0.25) is 0 Å². The van der Waals surface area contributed by atoms with E-state index in [4.69, 9.17) is 10.5 Å². The predicted octanol–water partition coefficient (Wildman–Crippen LogP) is 1.83. The molecule has 1 atom stereocenters. The molecule has 1 heterocycles. The lowest BCUT2D eigenvalue weighted by Crippen LogP contribution is -2.45. The summed E-state index contributed by atoms with van der Waals surface area (Å²) in [5.74, 6) is 0. The van der Waals surface area contributed by atoms with Gasteiger partial charge in [-0.2, -0.15) is 4.31 Å². The Morgan fingerprint density at radius 3 is 2.89 bits per heavy atom. The van der Waals surface area contributed by atoms with Crippen LogP contribution in [0.3, 0.4) is 0 Å². The molecular formula is C12H17BrN2O3S. The van der Waals surface area contributed by atoms with E-state index in [1.54, 1.807) is 12.1 Å². The van der Waals surface area contributed by atoms with E-state index < -0.39 is 10.0 Å². The van der Waals surface area contributed by atoms with E-state index in [-0.39, 0.29) is 16.7 Å². The van der Waals surface area contributed by atoms with Crippen molar-refractivity contribution in [3.63, 3.8) is 0 Å². The average Bonchev–Trinajstić information content (AvgIpc) is 2.38. The van der Waals surface area contributed by atoms with Gasteiger partial charge >= 0.3 is 0 Å². The molecule has 0 amide bonds. The van der Waals surface area contributed by atoms with E-state index in [2.05, 4.69) is 15.9 Å². The Kier molecular flexibility index (Phi) is 4.50. The number of ether oxygens (including phenoxy) is 1. The fourth-order valence-electron chi connectivity index (χ4n) is 2.05. The van der Waals surface area contributed by atoms with Gasteiger partial charge in [0.05, 0.1) is 18.4 Å². The molecule has 0 bridgehead atoms. The molecule has 2 rings (SSSR count). The SMILES string of the molecule is CCC1CN(S(=O)(=O)c2ccc(Br)cc2N)CCO1. The molecule has 5 nitrogen and oxygen atoms in total. The van der Waals surface area contributed by atoms with Crippen LogP contribution in [-0.4, -0.2) is 38.5 Å². The van der Waals surface area contributed by atoms with E-state index in [0.717, 1.165) is 10.9 Å². The third kappa shape index (κ3) is 3.10. The van der Waals surface area contributed by atoms with E-state index in [9.17, 15) is 8.42 Å². The van der Waals surface area contributed by atoms with Crippen molar-refractivity contribution in [2.24, 2.45) is 0 Å². The van der Waals surface area contributed by atoms with Gasteiger partial charge in [0.15, 0.2) is 0 Å². The van der Waals surface area contributed by atoms with Crippen molar-refractivity contribution in [1.82, 2.24) is 4.31 Å². The van der Waals surface area contributed by atoms with Gasteiger partial charge < -0.3 is 10.5 Å². The van der Waals surface area contributed by atoms with Crippen LogP contribution in [0.1, 0.15) is 13.3 Å². The Morgan fingerprint density at radius 2 is 2.26 bits per heavy atom. The highest BCUT2D eigenvalue weighted by Crippen LogP contribution is 2.27. The average molecular weight is 349 g/mol.